The molecule has 0 radical (unpaired) electrons. The number of primary sulfonamides is 1. The van der Waals surface area contributed by atoms with Gasteiger partial charge in [-0.1, -0.05) is 0 Å². The normalized spacial score (nSPS) is 10.9. The van der Waals surface area contributed by atoms with Crippen LogP contribution in [-0.4, -0.2) is 51.0 Å². The molecule has 8 nitrogen and oxygen atoms in total. The lowest BCUT2D eigenvalue weighted by atomic mass is 10.2. The van der Waals surface area contributed by atoms with Gasteiger partial charge >= 0.3 is 5.97 Å². The number of benzene rings is 1. The highest BCUT2D eigenvalue weighted by molar-refractivity contribution is 7.89. The van der Waals surface area contributed by atoms with Crippen molar-refractivity contribution in [3.63, 3.8) is 0 Å². The van der Waals surface area contributed by atoms with Crippen LogP contribution in [0, 0.1) is 0 Å². The maximum absolute atomic E-state index is 11.4. The zero-order valence-corrected chi connectivity index (χ0v) is 11.7. The van der Waals surface area contributed by atoms with Gasteiger partial charge in [0.25, 0.3) is 5.91 Å². The van der Waals surface area contributed by atoms with Crippen LogP contribution in [-0.2, 0) is 14.8 Å². The van der Waals surface area contributed by atoms with Gasteiger partial charge in [-0.25, -0.2) is 18.4 Å². The van der Waals surface area contributed by atoms with Crippen LogP contribution in [0.4, 0.5) is 0 Å². The molecule has 0 unspecified atom stereocenters. The number of nitrogens with two attached hydrogens (primary N) is 1. The molecular formula is C11H14N2O6S. The average Bonchev–Trinajstić information content (AvgIpc) is 2.34. The molecule has 1 rings (SSSR count). The Morgan fingerprint density at radius 2 is 1.95 bits per heavy atom. The molecule has 0 heterocycles. The van der Waals surface area contributed by atoms with Crippen molar-refractivity contribution in [3.05, 3.63) is 23.8 Å². The van der Waals surface area contributed by atoms with E-state index in [1.165, 1.54) is 19.0 Å². The van der Waals surface area contributed by atoms with Crippen LogP contribution in [0.3, 0.4) is 0 Å². The first-order valence-electron chi connectivity index (χ1n) is 5.36. The fourth-order valence-corrected chi connectivity index (χ4v) is 1.95. The first kappa shape index (κ1) is 15.9. The van der Waals surface area contributed by atoms with Crippen LogP contribution in [0.5, 0.6) is 5.75 Å². The van der Waals surface area contributed by atoms with Crippen molar-refractivity contribution in [1.29, 1.82) is 0 Å². The van der Waals surface area contributed by atoms with E-state index in [1.807, 2.05) is 0 Å². The van der Waals surface area contributed by atoms with Gasteiger partial charge in [-0.2, -0.15) is 0 Å². The molecule has 0 aliphatic heterocycles. The number of hydrogen-bond acceptors (Lipinski definition) is 5. The second kappa shape index (κ2) is 5.88. The number of carbonyl (C=O) groups excluding carboxylic acids is 1. The number of ether oxygens (including phenoxy) is 1. The summed E-state index contributed by atoms with van der Waals surface area (Å²) in [7, 11) is -1.14. The molecule has 1 amide bonds. The Hall–Kier alpha value is -2.13. The van der Waals surface area contributed by atoms with Crippen LogP contribution in [0.2, 0.25) is 0 Å². The van der Waals surface area contributed by atoms with E-state index >= 15 is 0 Å². The van der Waals surface area contributed by atoms with Crippen LogP contribution in [0.15, 0.2) is 23.1 Å². The third-order valence-corrected chi connectivity index (χ3v) is 3.28. The summed E-state index contributed by atoms with van der Waals surface area (Å²) in [6.07, 6.45) is 0. The Balaban J connectivity index is 3.14. The number of rotatable bonds is 5. The Bertz CT molecular complexity index is 638. The van der Waals surface area contributed by atoms with Crippen molar-refractivity contribution in [2.24, 2.45) is 5.14 Å². The summed E-state index contributed by atoms with van der Waals surface area (Å²) in [4.78, 5) is 23.0. The van der Waals surface area contributed by atoms with Gasteiger partial charge in [0.05, 0.1) is 5.56 Å². The topological polar surface area (TPSA) is 127 Å². The van der Waals surface area contributed by atoms with E-state index in [2.05, 4.69) is 0 Å². The number of amides is 1. The molecule has 1 aromatic rings. The van der Waals surface area contributed by atoms with Crippen molar-refractivity contribution >= 4 is 21.9 Å². The molecule has 0 bridgehead atoms. The fraction of sp³-hybridized carbons (Fsp3) is 0.273. The summed E-state index contributed by atoms with van der Waals surface area (Å²) in [5.74, 6) is -1.86. The Morgan fingerprint density at radius 3 is 2.40 bits per heavy atom. The standard InChI is InChI=1S/C11H14N2O6S/c1-13(2)10(14)6-19-8-4-3-7(11(15)16)5-9(8)20(12,17)18/h3-5H,6H2,1-2H3,(H,15,16)(H2,12,17,18). The van der Waals surface area contributed by atoms with Crippen LogP contribution < -0.4 is 9.88 Å². The summed E-state index contributed by atoms with van der Waals surface area (Å²) >= 11 is 0. The predicted molar refractivity (Wildman–Crippen MR) is 69.0 cm³/mol. The zero-order chi connectivity index (χ0) is 15.5. The highest BCUT2D eigenvalue weighted by Gasteiger charge is 2.19. The number of aromatic carboxylic acids is 1. The highest BCUT2D eigenvalue weighted by atomic mass is 32.2. The largest absolute Gasteiger partial charge is 0.482 e. The van der Waals surface area contributed by atoms with Crippen molar-refractivity contribution in [3.8, 4) is 5.75 Å². The molecule has 0 atom stereocenters. The van der Waals surface area contributed by atoms with Gasteiger partial charge in [-0.3, -0.25) is 4.79 Å². The van der Waals surface area contributed by atoms with Gasteiger partial charge in [0.1, 0.15) is 10.6 Å². The molecule has 0 aliphatic rings. The van der Waals surface area contributed by atoms with Gasteiger partial charge in [0, 0.05) is 14.1 Å². The van der Waals surface area contributed by atoms with Crippen molar-refractivity contribution in [1.82, 2.24) is 4.90 Å². The minimum atomic E-state index is -4.17. The van der Waals surface area contributed by atoms with Crippen molar-refractivity contribution < 1.29 is 27.9 Å². The molecule has 0 aromatic heterocycles. The number of carboxylic acids is 1. The second-order valence-corrected chi connectivity index (χ2v) is 5.62. The lowest BCUT2D eigenvalue weighted by molar-refractivity contribution is -0.130. The zero-order valence-electron chi connectivity index (χ0n) is 10.9. The smallest absolute Gasteiger partial charge is 0.335 e. The summed E-state index contributed by atoms with van der Waals surface area (Å²) in [5, 5.41) is 13.8. The molecule has 0 saturated carbocycles. The number of carboxylic acid groups (broad SMARTS) is 1. The van der Waals surface area contributed by atoms with Crippen molar-refractivity contribution in [2.75, 3.05) is 20.7 Å². The van der Waals surface area contributed by atoms with E-state index < -0.39 is 20.9 Å². The first-order valence-corrected chi connectivity index (χ1v) is 6.90. The maximum atomic E-state index is 11.4. The Labute approximate surface area is 115 Å². The van der Waals surface area contributed by atoms with E-state index in [1.54, 1.807) is 0 Å². The number of sulfonamides is 1. The molecular weight excluding hydrogens is 288 g/mol. The minimum absolute atomic E-state index is 0.173. The summed E-state index contributed by atoms with van der Waals surface area (Å²) < 4.78 is 27.9. The quantitative estimate of drug-likeness (QED) is 0.754. The molecule has 0 fully saturated rings. The molecule has 20 heavy (non-hydrogen) atoms. The van der Waals surface area contributed by atoms with Gasteiger partial charge in [-0.05, 0) is 18.2 Å². The molecule has 3 N–H and O–H groups in total. The average molecular weight is 302 g/mol. The molecule has 9 heteroatoms. The van der Waals surface area contributed by atoms with E-state index in [4.69, 9.17) is 15.0 Å². The fourth-order valence-electron chi connectivity index (χ4n) is 1.25. The van der Waals surface area contributed by atoms with Crippen LogP contribution in [0.25, 0.3) is 0 Å². The Morgan fingerprint density at radius 1 is 1.35 bits per heavy atom. The summed E-state index contributed by atoms with van der Waals surface area (Å²) in [6.45, 7) is -0.387. The molecule has 1 aromatic carbocycles. The highest BCUT2D eigenvalue weighted by Crippen LogP contribution is 2.24. The number of likely N-dealkylation sites (N-methyl/N-ethyl adjacent to an activating group) is 1. The SMILES string of the molecule is CN(C)C(=O)COc1ccc(C(=O)O)cc1S(N)(=O)=O. The minimum Gasteiger partial charge on any atom is -0.482 e. The van der Waals surface area contributed by atoms with Crippen LogP contribution >= 0.6 is 0 Å². The monoisotopic (exact) mass is 302 g/mol. The number of hydrogen-bond donors (Lipinski definition) is 2. The van der Waals surface area contributed by atoms with E-state index in [0.717, 1.165) is 18.2 Å². The lowest BCUT2D eigenvalue weighted by Gasteiger charge is -2.13. The van der Waals surface area contributed by atoms with Gasteiger partial charge < -0.3 is 14.7 Å². The third-order valence-electron chi connectivity index (χ3n) is 2.35. The van der Waals surface area contributed by atoms with Gasteiger partial charge in [0.2, 0.25) is 10.0 Å². The van der Waals surface area contributed by atoms with E-state index in [0.29, 0.717) is 0 Å². The molecule has 0 saturated heterocycles. The summed E-state index contributed by atoms with van der Waals surface area (Å²) in [6, 6.07) is 3.19. The van der Waals surface area contributed by atoms with E-state index in [9.17, 15) is 18.0 Å². The second-order valence-electron chi connectivity index (χ2n) is 4.09. The van der Waals surface area contributed by atoms with Gasteiger partial charge in [-0.15, -0.1) is 0 Å². The predicted octanol–water partition coefficient (Wildman–Crippen LogP) is -0.501. The number of nitrogens with zero attached hydrogens (tertiary/aromatic N) is 1. The third kappa shape index (κ3) is 3.93. The number of carbonyl (C=O) groups is 2. The first-order chi connectivity index (χ1) is 9.12. The Kier molecular flexibility index (Phi) is 4.69. The maximum Gasteiger partial charge on any atom is 0.335 e. The van der Waals surface area contributed by atoms with Gasteiger partial charge in [0.15, 0.2) is 6.61 Å². The van der Waals surface area contributed by atoms with Crippen LogP contribution in [0.1, 0.15) is 10.4 Å². The molecule has 110 valence electrons. The lowest BCUT2D eigenvalue weighted by Crippen LogP contribution is -2.28. The molecule has 0 spiro atoms. The molecule has 0 aliphatic carbocycles. The van der Waals surface area contributed by atoms with E-state index in [-0.39, 0.29) is 23.8 Å². The summed E-state index contributed by atoms with van der Waals surface area (Å²) in [5.41, 5.74) is -0.250. The van der Waals surface area contributed by atoms with Crippen molar-refractivity contribution in [2.45, 2.75) is 4.90 Å².